The van der Waals surface area contributed by atoms with E-state index in [0.717, 1.165) is 22.4 Å². The van der Waals surface area contributed by atoms with Crippen LogP contribution in [0.2, 0.25) is 0 Å². The lowest BCUT2D eigenvalue weighted by atomic mass is 10.2. The molecule has 2 heterocycles. The van der Waals surface area contributed by atoms with Gasteiger partial charge in [0, 0.05) is 5.69 Å². The predicted octanol–water partition coefficient (Wildman–Crippen LogP) is 2.01. The highest BCUT2D eigenvalue weighted by atomic mass is 16.2. The van der Waals surface area contributed by atoms with Gasteiger partial charge in [0.25, 0.3) is 0 Å². The molecule has 0 fully saturated rings. The fraction of sp³-hybridized carbons (Fsp3) is 0.154. The van der Waals surface area contributed by atoms with Crippen LogP contribution in [-0.2, 0) is 0 Å². The minimum absolute atomic E-state index is 0.277. The predicted molar refractivity (Wildman–Crippen MR) is 78.0 cm³/mol. The Bertz CT molecular complexity index is 798. The summed E-state index contributed by atoms with van der Waals surface area (Å²) >= 11 is 0. The van der Waals surface area contributed by atoms with Gasteiger partial charge in [-0.25, -0.2) is 19.9 Å². The first-order chi connectivity index (χ1) is 10.1. The van der Waals surface area contributed by atoms with E-state index in [1.807, 2.05) is 19.9 Å². The van der Waals surface area contributed by atoms with Crippen molar-refractivity contribution in [3.8, 4) is 0 Å². The molecule has 0 spiro atoms. The maximum absolute atomic E-state index is 11.8. The van der Waals surface area contributed by atoms with Crippen molar-refractivity contribution >= 4 is 28.7 Å². The van der Waals surface area contributed by atoms with Crippen molar-refractivity contribution in [2.45, 2.75) is 13.8 Å². The second-order valence-electron chi connectivity index (χ2n) is 4.51. The van der Waals surface area contributed by atoms with E-state index in [2.05, 4.69) is 35.8 Å². The molecule has 0 aliphatic rings. The number of fused-ring (bicyclic) bond motifs is 1. The number of anilines is 2. The maximum atomic E-state index is 11.8. The van der Waals surface area contributed by atoms with E-state index < -0.39 is 6.03 Å². The maximum Gasteiger partial charge on any atom is 0.326 e. The normalized spacial score (nSPS) is 10.6. The summed E-state index contributed by atoms with van der Waals surface area (Å²) in [6.07, 6.45) is 1.31. The van der Waals surface area contributed by atoms with Crippen molar-refractivity contribution in [2.24, 2.45) is 0 Å². The number of H-pyrrole nitrogens is 1. The average Bonchev–Trinajstić information content (AvgIpc) is 2.93. The molecular formula is C13H13N7O. The van der Waals surface area contributed by atoms with Gasteiger partial charge in [-0.15, -0.1) is 0 Å². The quantitative estimate of drug-likeness (QED) is 0.666. The van der Waals surface area contributed by atoms with E-state index in [1.54, 1.807) is 12.1 Å². The molecule has 0 unspecified atom stereocenters. The summed E-state index contributed by atoms with van der Waals surface area (Å²) in [6.45, 7) is 3.82. The molecule has 8 heteroatoms. The molecule has 0 aliphatic heterocycles. The van der Waals surface area contributed by atoms with Crippen LogP contribution in [-0.4, -0.2) is 31.2 Å². The number of aryl methyl sites for hydroxylation is 2. The second kappa shape index (κ2) is 5.16. The van der Waals surface area contributed by atoms with E-state index >= 15 is 0 Å². The van der Waals surface area contributed by atoms with Gasteiger partial charge in [-0.1, -0.05) is 0 Å². The Balaban J connectivity index is 1.81. The topological polar surface area (TPSA) is 108 Å². The van der Waals surface area contributed by atoms with E-state index in [0.29, 0.717) is 5.69 Å². The fourth-order valence-electron chi connectivity index (χ4n) is 1.84. The number of hydrogen-bond donors (Lipinski definition) is 3. The van der Waals surface area contributed by atoms with Gasteiger partial charge in [0.2, 0.25) is 5.95 Å². The summed E-state index contributed by atoms with van der Waals surface area (Å²) in [7, 11) is 0. The van der Waals surface area contributed by atoms with Gasteiger partial charge in [-0.3, -0.25) is 5.32 Å². The highest BCUT2D eigenvalue weighted by Crippen LogP contribution is 2.17. The average molecular weight is 283 g/mol. The Labute approximate surface area is 120 Å². The number of aromatic nitrogens is 5. The number of hydrogen-bond acceptors (Lipinski definition) is 5. The number of carbonyl (C=O) groups excluding carboxylic acids is 1. The van der Waals surface area contributed by atoms with Crippen LogP contribution in [0.3, 0.4) is 0 Å². The lowest BCUT2D eigenvalue weighted by Crippen LogP contribution is -2.20. The van der Waals surface area contributed by atoms with Gasteiger partial charge >= 0.3 is 6.03 Å². The van der Waals surface area contributed by atoms with E-state index in [1.165, 1.54) is 6.33 Å². The van der Waals surface area contributed by atoms with Crippen molar-refractivity contribution in [1.82, 2.24) is 25.1 Å². The van der Waals surface area contributed by atoms with Crippen molar-refractivity contribution in [1.29, 1.82) is 0 Å². The summed E-state index contributed by atoms with van der Waals surface area (Å²) < 4.78 is 0. The third kappa shape index (κ3) is 2.78. The summed E-state index contributed by atoms with van der Waals surface area (Å²) in [5, 5.41) is 11.4. The molecule has 3 aromatic rings. The van der Waals surface area contributed by atoms with Crippen LogP contribution < -0.4 is 10.6 Å². The van der Waals surface area contributed by atoms with Crippen LogP contribution in [0, 0.1) is 13.8 Å². The van der Waals surface area contributed by atoms with E-state index in [9.17, 15) is 4.79 Å². The number of urea groups is 1. The van der Waals surface area contributed by atoms with Crippen LogP contribution in [0.25, 0.3) is 11.0 Å². The number of aromatic amines is 1. The molecule has 21 heavy (non-hydrogen) atoms. The first-order valence-corrected chi connectivity index (χ1v) is 6.30. The molecule has 8 nitrogen and oxygen atoms in total. The molecule has 2 amide bonds. The summed E-state index contributed by atoms with van der Waals surface area (Å²) in [5.74, 6) is 0.277. The monoisotopic (exact) mass is 283 g/mol. The standard InChI is InChI=1S/C13H13N7O/c1-7-8(2)17-11-5-9(3-4-10(11)16-7)18-13(21)19-12-14-6-15-20-12/h3-6H,1-2H3,(H3,14,15,18,19,20,21). The number of nitrogens with zero attached hydrogens (tertiary/aromatic N) is 4. The molecule has 1 aromatic carbocycles. The summed E-state index contributed by atoms with van der Waals surface area (Å²) in [5.41, 5.74) is 3.91. The molecule has 0 aliphatic carbocycles. The minimum atomic E-state index is -0.414. The molecule has 0 atom stereocenters. The Morgan fingerprint density at radius 2 is 1.86 bits per heavy atom. The van der Waals surface area contributed by atoms with Crippen molar-refractivity contribution in [2.75, 3.05) is 10.6 Å². The van der Waals surface area contributed by atoms with Crippen LogP contribution in [0.1, 0.15) is 11.4 Å². The third-order valence-electron chi connectivity index (χ3n) is 2.98. The fourth-order valence-corrected chi connectivity index (χ4v) is 1.84. The Hall–Kier alpha value is -3.03. The molecule has 0 radical (unpaired) electrons. The van der Waals surface area contributed by atoms with Crippen molar-refractivity contribution in [3.63, 3.8) is 0 Å². The lowest BCUT2D eigenvalue weighted by Gasteiger charge is -2.07. The van der Waals surface area contributed by atoms with Crippen LogP contribution in [0.4, 0.5) is 16.4 Å². The van der Waals surface area contributed by atoms with Crippen LogP contribution in [0.15, 0.2) is 24.5 Å². The van der Waals surface area contributed by atoms with Crippen LogP contribution in [0.5, 0.6) is 0 Å². The molecule has 3 rings (SSSR count). The zero-order chi connectivity index (χ0) is 14.8. The lowest BCUT2D eigenvalue weighted by molar-refractivity contribution is 0.262. The summed E-state index contributed by atoms with van der Waals surface area (Å²) in [6, 6.07) is 4.95. The Morgan fingerprint density at radius 1 is 1.10 bits per heavy atom. The van der Waals surface area contributed by atoms with E-state index in [4.69, 9.17) is 0 Å². The molecular weight excluding hydrogens is 270 g/mol. The highest BCUT2D eigenvalue weighted by Gasteiger charge is 2.07. The Morgan fingerprint density at radius 3 is 2.57 bits per heavy atom. The van der Waals surface area contributed by atoms with Crippen molar-refractivity contribution in [3.05, 3.63) is 35.9 Å². The SMILES string of the molecule is Cc1nc2ccc(NC(=O)Nc3ncn[nH]3)cc2nc1C. The number of benzene rings is 1. The largest absolute Gasteiger partial charge is 0.326 e. The molecule has 3 N–H and O–H groups in total. The van der Waals surface area contributed by atoms with Gasteiger partial charge in [0.15, 0.2) is 0 Å². The second-order valence-corrected chi connectivity index (χ2v) is 4.51. The molecule has 0 saturated heterocycles. The van der Waals surface area contributed by atoms with Gasteiger partial charge < -0.3 is 5.32 Å². The van der Waals surface area contributed by atoms with Crippen molar-refractivity contribution < 1.29 is 4.79 Å². The van der Waals surface area contributed by atoms with Gasteiger partial charge in [-0.2, -0.15) is 10.1 Å². The highest BCUT2D eigenvalue weighted by molar-refractivity contribution is 5.99. The first-order valence-electron chi connectivity index (χ1n) is 6.30. The zero-order valence-electron chi connectivity index (χ0n) is 11.5. The number of amides is 2. The zero-order valence-corrected chi connectivity index (χ0v) is 11.5. The van der Waals surface area contributed by atoms with Gasteiger partial charge in [0.1, 0.15) is 6.33 Å². The third-order valence-corrected chi connectivity index (χ3v) is 2.98. The minimum Gasteiger partial charge on any atom is -0.308 e. The Kier molecular flexibility index (Phi) is 3.19. The van der Waals surface area contributed by atoms with Crippen LogP contribution >= 0.6 is 0 Å². The molecule has 0 saturated carbocycles. The molecule has 106 valence electrons. The smallest absolute Gasteiger partial charge is 0.308 e. The number of nitrogens with one attached hydrogen (secondary N) is 3. The van der Waals surface area contributed by atoms with Gasteiger partial charge in [0.05, 0.1) is 22.4 Å². The molecule has 0 bridgehead atoms. The first kappa shape index (κ1) is 13.0. The number of carbonyl (C=O) groups is 1. The molecule has 2 aromatic heterocycles. The van der Waals surface area contributed by atoms with Gasteiger partial charge in [-0.05, 0) is 32.0 Å². The van der Waals surface area contributed by atoms with E-state index in [-0.39, 0.29) is 5.95 Å². The number of rotatable bonds is 2. The summed E-state index contributed by atoms with van der Waals surface area (Å²) in [4.78, 5) is 24.5.